The van der Waals surface area contributed by atoms with Gasteiger partial charge >= 0.3 is 17.9 Å². The maximum Gasteiger partial charge on any atom is 0.326 e. The lowest BCUT2D eigenvalue weighted by Crippen LogP contribution is -2.61. The second-order valence-corrected chi connectivity index (χ2v) is 10.3. The molecule has 0 radical (unpaired) electrons. The van der Waals surface area contributed by atoms with Gasteiger partial charge in [-0.1, -0.05) is 40.5 Å². The first-order valence-electron chi connectivity index (χ1n) is 13.9. The number of rotatable bonds is 21. The molecule has 7 atom stereocenters. The van der Waals surface area contributed by atoms with E-state index in [1.807, 2.05) is 0 Å². The van der Waals surface area contributed by atoms with Gasteiger partial charge in [0, 0.05) is 0 Å². The van der Waals surface area contributed by atoms with Crippen molar-refractivity contribution in [3.05, 3.63) is 0 Å². The van der Waals surface area contributed by atoms with E-state index in [0.717, 1.165) is 0 Å². The number of carbonyl (C=O) groups is 7. The van der Waals surface area contributed by atoms with E-state index in [2.05, 4.69) is 21.3 Å². The Morgan fingerprint density at radius 3 is 1.52 bits per heavy atom. The molecule has 0 spiro atoms. The number of nitrogens with two attached hydrogens (primary N) is 2. The van der Waals surface area contributed by atoms with Gasteiger partial charge in [-0.15, -0.1) is 0 Å². The number of aliphatic carboxylic acids is 3. The molecule has 0 unspecified atom stereocenters. The lowest BCUT2D eigenvalue weighted by atomic mass is 9.94. The van der Waals surface area contributed by atoms with Crippen LogP contribution in [0.15, 0.2) is 0 Å². The number of hydrogen-bond donors (Lipinski definition) is 9. The summed E-state index contributed by atoms with van der Waals surface area (Å²) in [6, 6.07) is -6.74. The molecule has 11 N–H and O–H groups in total. The number of carboxylic acids is 3. The minimum absolute atomic E-state index is 0.126. The summed E-state index contributed by atoms with van der Waals surface area (Å²) in [6.45, 7) is 7.15. The molecule has 0 aromatic carbocycles. The van der Waals surface area contributed by atoms with Crippen LogP contribution in [0.25, 0.3) is 0 Å². The Morgan fingerprint density at radius 2 is 1.10 bits per heavy atom. The van der Waals surface area contributed by atoms with E-state index in [-0.39, 0.29) is 6.42 Å². The molecule has 0 heterocycles. The predicted molar refractivity (Wildman–Crippen MR) is 150 cm³/mol. The van der Waals surface area contributed by atoms with E-state index in [4.69, 9.17) is 21.7 Å². The van der Waals surface area contributed by atoms with Gasteiger partial charge in [-0.05, 0) is 37.6 Å². The summed E-state index contributed by atoms with van der Waals surface area (Å²) < 4.78 is 0. The van der Waals surface area contributed by atoms with Crippen molar-refractivity contribution in [1.82, 2.24) is 21.3 Å². The van der Waals surface area contributed by atoms with Gasteiger partial charge in [0.25, 0.3) is 0 Å². The molecule has 0 bridgehead atoms. The van der Waals surface area contributed by atoms with Gasteiger partial charge in [0.05, 0.1) is 18.9 Å². The minimum Gasteiger partial charge on any atom is -0.481 e. The molecule has 0 aromatic rings. The second kappa shape index (κ2) is 19.4. The molecule has 0 aliphatic rings. The van der Waals surface area contributed by atoms with Gasteiger partial charge in [0.2, 0.25) is 23.6 Å². The molecule has 0 aliphatic carbocycles. The molecule has 0 saturated carbocycles. The largest absolute Gasteiger partial charge is 0.481 e. The first-order chi connectivity index (χ1) is 19.6. The number of hydrogen-bond acceptors (Lipinski definition) is 9. The van der Waals surface area contributed by atoms with E-state index < -0.39 is 96.4 Å². The Bertz CT molecular complexity index is 962. The SMILES string of the molecule is CC[C@H](C)[C@H](NC(=O)[C@H](CCCCN)NC(=O)[C@@H](N)CC(=O)O)C(=O)N[C@H](C(=O)N[C@@H](CC(=O)O)C(=O)O)[C@@H](C)CC. The molecule has 16 nitrogen and oxygen atoms in total. The lowest BCUT2D eigenvalue weighted by molar-refractivity contribution is -0.147. The molecule has 0 fully saturated rings. The zero-order chi connectivity index (χ0) is 32.6. The Hall–Kier alpha value is -3.79. The summed E-state index contributed by atoms with van der Waals surface area (Å²) in [5.41, 5.74) is 11.2. The van der Waals surface area contributed by atoms with E-state index in [0.29, 0.717) is 32.2 Å². The van der Waals surface area contributed by atoms with E-state index in [1.165, 1.54) is 0 Å². The third kappa shape index (κ3) is 13.7. The van der Waals surface area contributed by atoms with Crippen molar-refractivity contribution >= 4 is 41.5 Å². The quantitative estimate of drug-likeness (QED) is 0.0679. The molecule has 42 heavy (non-hydrogen) atoms. The van der Waals surface area contributed by atoms with Crippen molar-refractivity contribution in [3.8, 4) is 0 Å². The number of amides is 4. The average Bonchev–Trinajstić information content (AvgIpc) is 2.91. The zero-order valence-corrected chi connectivity index (χ0v) is 24.6. The van der Waals surface area contributed by atoms with Crippen molar-refractivity contribution in [3.63, 3.8) is 0 Å². The fourth-order valence-corrected chi connectivity index (χ4v) is 3.86. The van der Waals surface area contributed by atoms with Gasteiger partial charge in [-0.2, -0.15) is 0 Å². The summed E-state index contributed by atoms with van der Waals surface area (Å²) in [7, 11) is 0. The first-order valence-corrected chi connectivity index (χ1v) is 13.9. The van der Waals surface area contributed by atoms with Crippen LogP contribution in [0.2, 0.25) is 0 Å². The van der Waals surface area contributed by atoms with Crippen LogP contribution >= 0.6 is 0 Å². The van der Waals surface area contributed by atoms with Crippen molar-refractivity contribution in [2.24, 2.45) is 23.3 Å². The number of nitrogens with one attached hydrogen (secondary N) is 4. The smallest absolute Gasteiger partial charge is 0.326 e. The van der Waals surface area contributed by atoms with Crippen LogP contribution < -0.4 is 32.7 Å². The van der Waals surface area contributed by atoms with Crippen LogP contribution in [-0.2, 0) is 33.6 Å². The van der Waals surface area contributed by atoms with Gasteiger partial charge in [-0.25, -0.2) is 4.79 Å². The van der Waals surface area contributed by atoms with Crippen LogP contribution in [0.5, 0.6) is 0 Å². The van der Waals surface area contributed by atoms with Crippen LogP contribution in [-0.4, -0.2) is 93.6 Å². The van der Waals surface area contributed by atoms with Crippen molar-refractivity contribution < 1.29 is 48.9 Å². The fraction of sp³-hybridized carbons (Fsp3) is 0.731. The molecular weight excluding hydrogens is 556 g/mol. The number of unbranched alkanes of at least 4 members (excludes halogenated alkanes) is 1. The number of carboxylic acid groups (broad SMARTS) is 3. The lowest BCUT2D eigenvalue weighted by Gasteiger charge is -2.30. The van der Waals surface area contributed by atoms with Crippen LogP contribution in [0.4, 0.5) is 0 Å². The van der Waals surface area contributed by atoms with Crippen LogP contribution in [0, 0.1) is 11.8 Å². The van der Waals surface area contributed by atoms with Crippen LogP contribution in [0.3, 0.4) is 0 Å². The third-order valence-corrected chi connectivity index (χ3v) is 6.89. The maximum absolute atomic E-state index is 13.4. The van der Waals surface area contributed by atoms with Crippen molar-refractivity contribution in [2.75, 3.05) is 6.54 Å². The van der Waals surface area contributed by atoms with Crippen molar-refractivity contribution in [2.45, 2.75) is 103 Å². The summed E-state index contributed by atoms with van der Waals surface area (Å²) in [4.78, 5) is 85.6. The summed E-state index contributed by atoms with van der Waals surface area (Å²) in [5.74, 6) is -8.51. The second-order valence-electron chi connectivity index (χ2n) is 10.3. The van der Waals surface area contributed by atoms with Gasteiger partial charge in [-0.3, -0.25) is 28.8 Å². The fourth-order valence-electron chi connectivity index (χ4n) is 3.86. The van der Waals surface area contributed by atoms with Crippen LogP contribution in [0.1, 0.15) is 72.6 Å². The van der Waals surface area contributed by atoms with Gasteiger partial charge in [0.1, 0.15) is 24.2 Å². The average molecular weight is 603 g/mol. The monoisotopic (exact) mass is 602 g/mol. The maximum atomic E-state index is 13.4. The molecular formula is C26H46N6O10. The zero-order valence-electron chi connectivity index (χ0n) is 24.6. The van der Waals surface area contributed by atoms with Gasteiger partial charge in [0.15, 0.2) is 0 Å². The minimum atomic E-state index is -1.73. The number of carbonyl (C=O) groups excluding carboxylic acids is 4. The Balaban J connectivity index is 5.97. The highest BCUT2D eigenvalue weighted by Gasteiger charge is 2.35. The summed E-state index contributed by atoms with van der Waals surface area (Å²) in [6.07, 6.45) is 0.368. The van der Waals surface area contributed by atoms with E-state index in [1.54, 1.807) is 27.7 Å². The standard InChI is InChI=1S/C26H46N6O10/c1-5-13(3)20(24(39)30-17(26(41)42)12-19(35)36)32-25(40)21(14(4)6-2)31-23(38)16(9-7-8-10-27)29-22(37)15(28)11-18(33)34/h13-17,20-21H,5-12,27-28H2,1-4H3,(H,29,37)(H,30,39)(H,31,38)(H,32,40)(H,33,34)(H,35,36)(H,41,42)/t13-,14-,15-,16-,17-,20-,21-/m0/s1. The van der Waals surface area contributed by atoms with Crippen molar-refractivity contribution in [1.29, 1.82) is 0 Å². The normalized spacial score (nSPS) is 16.0. The highest BCUT2D eigenvalue weighted by Crippen LogP contribution is 2.14. The van der Waals surface area contributed by atoms with E-state index >= 15 is 0 Å². The molecule has 0 aliphatic heterocycles. The molecule has 16 heteroatoms. The topological polar surface area (TPSA) is 280 Å². The van der Waals surface area contributed by atoms with Gasteiger partial charge < -0.3 is 48.1 Å². The molecule has 0 saturated heterocycles. The predicted octanol–water partition coefficient (Wildman–Crippen LogP) is -1.49. The summed E-state index contributed by atoms with van der Waals surface area (Å²) in [5, 5.41) is 37.0. The summed E-state index contributed by atoms with van der Waals surface area (Å²) >= 11 is 0. The molecule has 0 aromatic heterocycles. The highest BCUT2D eigenvalue weighted by atomic mass is 16.4. The third-order valence-electron chi connectivity index (χ3n) is 6.89. The first kappa shape index (κ1) is 38.2. The molecule has 240 valence electrons. The Morgan fingerprint density at radius 1 is 0.643 bits per heavy atom. The molecule has 4 amide bonds. The van der Waals surface area contributed by atoms with E-state index in [9.17, 15) is 38.7 Å². The Kier molecular flexibility index (Phi) is 17.6. The molecule has 0 rings (SSSR count). The Labute approximate surface area is 244 Å². The highest BCUT2D eigenvalue weighted by molar-refractivity contribution is 5.96.